The van der Waals surface area contributed by atoms with E-state index >= 15 is 0 Å². The van der Waals surface area contributed by atoms with Crippen LogP contribution in [0, 0.1) is 11.3 Å². The van der Waals surface area contributed by atoms with Crippen molar-refractivity contribution in [3.63, 3.8) is 0 Å². The molecule has 0 aromatic heterocycles. The molecule has 6 heteroatoms. The number of carbonyl (C=O) groups is 1. The number of carbonyl (C=O) groups excluding carboxylic acids is 1. The summed E-state index contributed by atoms with van der Waals surface area (Å²) in [7, 11) is -2.06. The lowest BCUT2D eigenvalue weighted by molar-refractivity contribution is -0.152. The van der Waals surface area contributed by atoms with E-state index in [1.54, 1.807) is 0 Å². The summed E-state index contributed by atoms with van der Waals surface area (Å²) >= 11 is 0. The number of hydrogen-bond acceptors (Lipinski definition) is 5. The molecule has 17 heavy (non-hydrogen) atoms. The molecule has 1 aliphatic rings. The normalized spacial score (nSPS) is 28.7. The molecule has 0 amide bonds. The lowest BCUT2D eigenvalue weighted by atomic mass is 9.68. The van der Waals surface area contributed by atoms with E-state index in [1.165, 1.54) is 7.11 Å². The molecule has 0 heterocycles. The Morgan fingerprint density at radius 2 is 1.88 bits per heavy atom. The van der Waals surface area contributed by atoms with Crippen LogP contribution >= 0.6 is 0 Å². The van der Waals surface area contributed by atoms with Crippen LogP contribution in [0.2, 0.25) is 0 Å². The summed E-state index contributed by atoms with van der Waals surface area (Å²) in [4.78, 5) is 11.6. The number of esters is 1. The number of rotatable bonds is 3. The molecule has 0 bridgehead atoms. The Hall–Kier alpha value is -0.620. The minimum atomic E-state index is -3.43. The summed E-state index contributed by atoms with van der Waals surface area (Å²) in [6.45, 7) is 3.87. The average molecular weight is 264 g/mol. The largest absolute Gasteiger partial charge is 0.469 e. The van der Waals surface area contributed by atoms with Gasteiger partial charge >= 0.3 is 5.97 Å². The van der Waals surface area contributed by atoms with Crippen molar-refractivity contribution < 1.29 is 22.1 Å². The van der Waals surface area contributed by atoms with Crippen LogP contribution in [0.4, 0.5) is 0 Å². The van der Waals surface area contributed by atoms with Gasteiger partial charge in [0.1, 0.15) is 0 Å². The van der Waals surface area contributed by atoms with Gasteiger partial charge in [-0.1, -0.05) is 13.8 Å². The molecule has 100 valence electrons. The third-order valence-electron chi connectivity index (χ3n) is 3.27. The second-order valence-corrected chi connectivity index (χ2v) is 6.87. The zero-order valence-electron chi connectivity index (χ0n) is 10.7. The zero-order chi connectivity index (χ0) is 13.3. The Morgan fingerprint density at radius 3 is 2.29 bits per heavy atom. The summed E-state index contributed by atoms with van der Waals surface area (Å²) < 4.78 is 31.9. The van der Waals surface area contributed by atoms with Crippen molar-refractivity contribution in [3.8, 4) is 0 Å². The molecule has 0 saturated heterocycles. The van der Waals surface area contributed by atoms with Crippen molar-refractivity contribution >= 4 is 16.1 Å². The predicted molar refractivity (Wildman–Crippen MR) is 62.9 cm³/mol. The van der Waals surface area contributed by atoms with Gasteiger partial charge in [0.05, 0.1) is 25.4 Å². The SMILES string of the molecule is COC(=O)[C@@H]1CC[C@@H](OS(C)(=O)=O)CC1(C)C. The van der Waals surface area contributed by atoms with Crippen molar-refractivity contribution in [1.82, 2.24) is 0 Å². The van der Waals surface area contributed by atoms with Crippen LogP contribution in [-0.2, 0) is 23.8 Å². The van der Waals surface area contributed by atoms with Gasteiger partial charge < -0.3 is 4.74 Å². The Balaban J connectivity index is 2.72. The molecule has 2 atom stereocenters. The molecule has 0 aromatic carbocycles. The Bertz CT molecular complexity index is 385. The van der Waals surface area contributed by atoms with Crippen LogP contribution in [0.5, 0.6) is 0 Å². The van der Waals surface area contributed by atoms with Gasteiger partial charge in [-0.05, 0) is 24.7 Å². The molecule has 0 N–H and O–H groups in total. The lowest BCUT2D eigenvalue weighted by Gasteiger charge is -2.39. The lowest BCUT2D eigenvalue weighted by Crippen LogP contribution is -2.41. The molecule has 0 aromatic rings. The molecule has 1 fully saturated rings. The standard InChI is InChI=1S/C11H20O5S/c1-11(2)7-8(16-17(4,13)14)5-6-9(11)10(12)15-3/h8-9H,5-7H2,1-4H3/t8-,9+/m1/s1. The van der Waals surface area contributed by atoms with E-state index in [-0.39, 0.29) is 23.4 Å². The molecule has 0 radical (unpaired) electrons. The molecule has 0 aliphatic heterocycles. The van der Waals surface area contributed by atoms with Gasteiger partial charge in [0.25, 0.3) is 10.1 Å². The maximum atomic E-state index is 11.6. The van der Waals surface area contributed by atoms with Crippen LogP contribution < -0.4 is 0 Å². The highest BCUT2D eigenvalue weighted by molar-refractivity contribution is 7.86. The fraction of sp³-hybridized carbons (Fsp3) is 0.909. The van der Waals surface area contributed by atoms with E-state index in [0.717, 1.165) is 6.26 Å². The predicted octanol–water partition coefficient (Wildman–Crippen LogP) is 1.33. The maximum Gasteiger partial charge on any atom is 0.309 e. The van der Waals surface area contributed by atoms with E-state index in [4.69, 9.17) is 8.92 Å². The average Bonchev–Trinajstić information content (AvgIpc) is 2.12. The Morgan fingerprint density at radius 1 is 1.29 bits per heavy atom. The Kier molecular flexibility index (Phi) is 4.19. The number of ether oxygens (including phenoxy) is 1. The highest BCUT2D eigenvalue weighted by Gasteiger charge is 2.42. The van der Waals surface area contributed by atoms with Crippen molar-refractivity contribution in [2.75, 3.05) is 13.4 Å². The van der Waals surface area contributed by atoms with Crippen molar-refractivity contribution in [2.24, 2.45) is 11.3 Å². The molecule has 0 unspecified atom stereocenters. The molecule has 1 saturated carbocycles. The highest BCUT2D eigenvalue weighted by Crippen LogP contribution is 2.42. The molecular formula is C11H20O5S. The van der Waals surface area contributed by atoms with E-state index in [0.29, 0.717) is 19.3 Å². The second kappa shape index (κ2) is 4.94. The van der Waals surface area contributed by atoms with Crippen LogP contribution in [0.1, 0.15) is 33.1 Å². The number of hydrogen-bond donors (Lipinski definition) is 0. The fourth-order valence-corrected chi connectivity index (χ4v) is 3.14. The second-order valence-electron chi connectivity index (χ2n) is 5.27. The summed E-state index contributed by atoms with van der Waals surface area (Å²) in [6, 6.07) is 0. The molecule has 1 rings (SSSR count). The minimum absolute atomic E-state index is 0.188. The quantitative estimate of drug-likeness (QED) is 0.568. The minimum Gasteiger partial charge on any atom is -0.469 e. The van der Waals surface area contributed by atoms with Crippen LogP contribution in [0.25, 0.3) is 0 Å². The molecule has 5 nitrogen and oxygen atoms in total. The van der Waals surface area contributed by atoms with Gasteiger partial charge in [0, 0.05) is 0 Å². The van der Waals surface area contributed by atoms with Gasteiger partial charge in [-0.2, -0.15) is 8.42 Å². The third-order valence-corrected chi connectivity index (χ3v) is 3.89. The van der Waals surface area contributed by atoms with Crippen LogP contribution in [0.3, 0.4) is 0 Å². The first kappa shape index (κ1) is 14.4. The van der Waals surface area contributed by atoms with E-state index in [2.05, 4.69) is 0 Å². The van der Waals surface area contributed by atoms with Crippen molar-refractivity contribution in [3.05, 3.63) is 0 Å². The van der Waals surface area contributed by atoms with Gasteiger partial charge in [0.2, 0.25) is 0 Å². The molecule has 1 aliphatic carbocycles. The fourth-order valence-electron chi connectivity index (χ4n) is 2.48. The zero-order valence-corrected chi connectivity index (χ0v) is 11.5. The van der Waals surface area contributed by atoms with Gasteiger partial charge in [0.15, 0.2) is 0 Å². The van der Waals surface area contributed by atoms with Crippen molar-refractivity contribution in [2.45, 2.75) is 39.2 Å². The third kappa shape index (κ3) is 3.96. The van der Waals surface area contributed by atoms with Gasteiger partial charge in [-0.15, -0.1) is 0 Å². The first-order valence-electron chi connectivity index (χ1n) is 5.62. The highest BCUT2D eigenvalue weighted by atomic mass is 32.2. The molecular weight excluding hydrogens is 244 g/mol. The van der Waals surface area contributed by atoms with Crippen molar-refractivity contribution in [1.29, 1.82) is 0 Å². The monoisotopic (exact) mass is 264 g/mol. The maximum absolute atomic E-state index is 11.6. The first-order valence-corrected chi connectivity index (χ1v) is 7.43. The summed E-state index contributed by atoms with van der Waals surface area (Å²) in [5, 5.41) is 0. The topological polar surface area (TPSA) is 69.7 Å². The first-order chi connectivity index (χ1) is 7.65. The smallest absolute Gasteiger partial charge is 0.309 e. The number of methoxy groups -OCH3 is 1. The Labute approximate surface area is 103 Å². The van der Waals surface area contributed by atoms with Gasteiger partial charge in [-0.25, -0.2) is 0 Å². The van der Waals surface area contributed by atoms with Crippen LogP contribution in [-0.4, -0.2) is 33.9 Å². The summed E-state index contributed by atoms with van der Waals surface area (Å²) in [5.74, 6) is -0.417. The van der Waals surface area contributed by atoms with E-state index in [9.17, 15) is 13.2 Å². The summed E-state index contributed by atoms with van der Waals surface area (Å²) in [6.07, 6.45) is 2.42. The van der Waals surface area contributed by atoms with Gasteiger partial charge in [-0.3, -0.25) is 8.98 Å². The van der Waals surface area contributed by atoms with E-state index < -0.39 is 10.1 Å². The van der Waals surface area contributed by atoms with E-state index in [1.807, 2.05) is 13.8 Å². The van der Waals surface area contributed by atoms with Crippen LogP contribution in [0.15, 0.2) is 0 Å². The summed E-state index contributed by atoms with van der Waals surface area (Å²) in [5.41, 5.74) is -0.305. The molecule has 0 spiro atoms.